The molecule has 0 fully saturated rings. The van der Waals surface area contributed by atoms with Gasteiger partial charge in [0.1, 0.15) is 0 Å². The Bertz CT molecular complexity index is 55.9. The summed E-state index contributed by atoms with van der Waals surface area (Å²) in [5.41, 5.74) is 0. The molecule has 0 radical (unpaired) electrons. The van der Waals surface area contributed by atoms with Gasteiger partial charge in [0.2, 0.25) is 0 Å². The van der Waals surface area contributed by atoms with E-state index in [1.54, 1.807) is 0 Å². The van der Waals surface area contributed by atoms with E-state index in [1.807, 2.05) is 0 Å². The van der Waals surface area contributed by atoms with Crippen molar-refractivity contribution in [2.45, 2.75) is 0 Å². The number of hydrogen-bond donors (Lipinski definition) is 1. The zero-order valence-corrected chi connectivity index (χ0v) is 5.29. The van der Waals surface area contributed by atoms with Crippen molar-refractivity contribution >= 4 is 0 Å². The molecule has 0 aliphatic rings. The van der Waals surface area contributed by atoms with Crippen molar-refractivity contribution in [3.8, 4) is 0 Å². The summed E-state index contributed by atoms with van der Waals surface area (Å²) in [5.74, 6) is 0. The molecule has 0 saturated heterocycles. The molecule has 0 unspecified atom stereocenters. The topological polar surface area (TPSA) is 85.9 Å². The van der Waals surface area contributed by atoms with Crippen molar-refractivity contribution in [2.75, 3.05) is 0 Å². The third-order valence-corrected chi connectivity index (χ3v) is 0. The summed E-state index contributed by atoms with van der Waals surface area (Å²) in [6, 6.07) is 0. The van der Waals surface area contributed by atoms with Crippen LogP contribution >= 0.6 is 0 Å². The summed E-state index contributed by atoms with van der Waals surface area (Å²) in [6.07, 6.45) is 0. The van der Waals surface area contributed by atoms with Crippen molar-refractivity contribution in [2.24, 2.45) is 0 Å². The Hall–Kier alpha value is 0.637. The van der Waals surface area contributed by atoms with Crippen molar-refractivity contribution in [1.29, 1.82) is 0 Å². The molecule has 0 bridgehead atoms. The van der Waals surface area contributed by atoms with Gasteiger partial charge in [0.05, 0.1) is 0 Å². The van der Waals surface area contributed by atoms with Crippen LogP contribution in [0.4, 0.5) is 0 Å². The molecule has 6 heteroatoms. The molecule has 0 aromatic rings. The van der Waals surface area contributed by atoms with Crippen molar-refractivity contribution in [1.82, 2.24) is 0 Å². The minimum atomic E-state index is -3.69. The van der Waals surface area contributed by atoms with Crippen LogP contribution in [0.1, 0.15) is 0 Å². The Balaban J connectivity index is -0.0000000450. The van der Waals surface area contributed by atoms with Gasteiger partial charge in [-0.15, -0.1) is 0 Å². The third kappa shape index (κ3) is 151. The molecule has 4 nitrogen and oxygen atoms in total. The van der Waals surface area contributed by atoms with Gasteiger partial charge in [-0.1, -0.05) is 0 Å². The molecule has 0 amide bonds. The van der Waals surface area contributed by atoms with E-state index in [1.165, 1.54) is 0 Å². The van der Waals surface area contributed by atoms with Crippen LogP contribution < -0.4 is 0 Å². The van der Waals surface area contributed by atoms with E-state index < -0.39 is 15.4 Å². The predicted octanol–water partition coefficient (Wildman–Crippen LogP) is -1.62. The van der Waals surface area contributed by atoms with Gasteiger partial charge in [-0.2, -0.15) is 0 Å². The molecule has 0 aromatic carbocycles. The third-order valence-electron chi connectivity index (χ3n) is 0. The molecule has 0 aliphatic carbocycles. The van der Waals surface area contributed by atoms with Gasteiger partial charge in [0, 0.05) is 17.4 Å². The molecule has 0 aromatic heterocycles. The number of hydrogen-bond acceptors (Lipinski definition) is 2. The van der Waals surface area contributed by atoms with Crippen LogP contribution in [-0.4, -0.2) is 9.51 Å². The summed E-state index contributed by atoms with van der Waals surface area (Å²) < 4.78 is 24.4. The second-order valence-electron chi connectivity index (χ2n) is 0.238. The molecule has 6 heavy (non-hydrogen) atoms. The SMILES string of the molecule is O.[Cr].[O]=[V](=[O])[OH]. The standard InChI is InChI=1S/Cr.2H2O.2O.V/h;2*1H2;;;/q;;;;;+1/p-1. The first-order valence-corrected chi connectivity index (χ1v) is 2.33. The van der Waals surface area contributed by atoms with E-state index in [4.69, 9.17) is 11.4 Å². The minimum absolute atomic E-state index is 0. The van der Waals surface area contributed by atoms with E-state index in [9.17, 15) is 0 Å². The first-order chi connectivity index (χ1) is 1.73. The van der Waals surface area contributed by atoms with Gasteiger partial charge in [-0.25, -0.2) is 0 Å². The molecule has 0 heterocycles. The fourth-order valence-corrected chi connectivity index (χ4v) is 0. The van der Waals surface area contributed by atoms with E-state index in [2.05, 4.69) is 0 Å². The molecule has 0 atom stereocenters. The van der Waals surface area contributed by atoms with Gasteiger partial charge >= 0.3 is 26.8 Å². The molecule has 0 aliphatic heterocycles. The average molecular weight is 170 g/mol. The quantitative estimate of drug-likeness (QED) is 0.473. The van der Waals surface area contributed by atoms with Crippen molar-refractivity contribution in [3.05, 3.63) is 0 Å². The van der Waals surface area contributed by atoms with E-state index >= 15 is 0 Å². The van der Waals surface area contributed by atoms with Crippen LogP contribution in [0.3, 0.4) is 0 Å². The normalized spacial score (nSPS) is 4.17. The van der Waals surface area contributed by atoms with Crippen LogP contribution in [0.5, 0.6) is 0 Å². The van der Waals surface area contributed by atoms with Crippen LogP contribution in [0.2, 0.25) is 0 Å². The van der Waals surface area contributed by atoms with Crippen LogP contribution in [0.25, 0.3) is 0 Å². The molecule has 0 rings (SSSR count). The summed E-state index contributed by atoms with van der Waals surface area (Å²) in [5, 5.41) is 0. The van der Waals surface area contributed by atoms with E-state index in [0.29, 0.717) is 0 Å². The Labute approximate surface area is 50.0 Å². The summed E-state index contributed by atoms with van der Waals surface area (Å²) >= 11 is -3.69. The Kier molecular flexibility index (Phi) is 24.3. The second kappa shape index (κ2) is 9.16. The van der Waals surface area contributed by atoms with Crippen molar-refractivity contribution < 1.29 is 49.6 Å². The van der Waals surface area contributed by atoms with E-state index in [0.717, 1.165) is 0 Å². The maximum absolute atomic E-state index is 8.67. The van der Waals surface area contributed by atoms with Crippen LogP contribution in [0.15, 0.2) is 0 Å². The fourth-order valence-electron chi connectivity index (χ4n) is 0. The fraction of sp³-hybridized carbons (Fsp3) is 0. The molecule has 3 N–H and O–H groups in total. The van der Waals surface area contributed by atoms with Crippen LogP contribution in [0, 0.1) is 0 Å². The Morgan fingerprint density at radius 3 is 1.33 bits per heavy atom. The molecule has 0 spiro atoms. The molecular formula is H3CrO4V. The predicted molar refractivity (Wildman–Crippen MR) is 7.21 cm³/mol. The molecule has 38 valence electrons. The van der Waals surface area contributed by atoms with Gasteiger partial charge < -0.3 is 5.48 Å². The van der Waals surface area contributed by atoms with Gasteiger partial charge in [-0.3, -0.25) is 0 Å². The zero-order valence-electron chi connectivity index (χ0n) is 2.62. The summed E-state index contributed by atoms with van der Waals surface area (Å²) in [6.45, 7) is 0. The molecule has 0 saturated carbocycles. The average Bonchev–Trinajstić information content (AvgIpc) is 0.811. The number of rotatable bonds is 0. The van der Waals surface area contributed by atoms with Crippen molar-refractivity contribution in [3.63, 3.8) is 0 Å². The second-order valence-corrected chi connectivity index (χ2v) is 0.981. The van der Waals surface area contributed by atoms with E-state index in [-0.39, 0.29) is 22.8 Å². The Morgan fingerprint density at radius 2 is 1.33 bits per heavy atom. The summed E-state index contributed by atoms with van der Waals surface area (Å²) in [7, 11) is 0. The Morgan fingerprint density at radius 1 is 1.33 bits per heavy atom. The monoisotopic (exact) mass is 170 g/mol. The summed E-state index contributed by atoms with van der Waals surface area (Å²) in [4.78, 5) is 0. The zero-order chi connectivity index (χ0) is 3.58. The maximum atomic E-state index is 8.67. The van der Waals surface area contributed by atoms with Gasteiger partial charge in [0.25, 0.3) is 0 Å². The first-order valence-electron chi connectivity index (χ1n) is 0.565. The molecular weight excluding hydrogens is 167 g/mol. The van der Waals surface area contributed by atoms with Crippen LogP contribution in [-0.2, 0) is 40.1 Å². The van der Waals surface area contributed by atoms with Gasteiger partial charge in [0.15, 0.2) is 0 Å². The van der Waals surface area contributed by atoms with Gasteiger partial charge in [-0.05, 0) is 0 Å². The first kappa shape index (κ1) is 15.9.